The number of hydrogen-bond donors (Lipinski definition) is 6. The van der Waals surface area contributed by atoms with Crippen LogP contribution in [0.3, 0.4) is 0 Å². The number of benzene rings is 2. The number of aromatic nitrogens is 2. The molecule has 0 atom stereocenters. The molecule has 2 aliphatic heterocycles. The summed E-state index contributed by atoms with van der Waals surface area (Å²) < 4.78 is 8.70. The number of fused-ring (bicyclic) bond motifs is 2. The lowest BCUT2D eigenvalue weighted by Gasteiger charge is -2.27. The third-order valence-electron chi connectivity index (χ3n) is 9.57. The van der Waals surface area contributed by atoms with Crippen molar-refractivity contribution in [3.05, 3.63) is 77.4 Å². The van der Waals surface area contributed by atoms with Crippen molar-refractivity contribution >= 4 is 61.9 Å². The summed E-state index contributed by atoms with van der Waals surface area (Å²) in [4.78, 5) is 29.5. The number of carbonyl (C=O) groups excluding carboxylic acids is 1. The van der Waals surface area contributed by atoms with Crippen LogP contribution < -0.4 is 32.2 Å². The van der Waals surface area contributed by atoms with Crippen LogP contribution >= 0.6 is 11.3 Å². The lowest BCUT2D eigenvalue weighted by Crippen LogP contribution is -2.42. The number of carboxylic acid groups (broad SMARTS) is 1. The molecule has 0 radical (unpaired) electrons. The molecule has 268 valence electrons. The molecule has 2 saturated heterocycles. The van der Waals surface area contributed by atoms with Gasteiger partial charge in [0.2, 0.25) is 0 Å². The molecule has 0 aliphatic carbocycles. The van der Waals surface area contributed by atoms with E-state index in [2.05, 4.69) is 38.5 Å². The molecule has 2 aliphatic rings. The second-order valence-electron chi connectivity index (χ2n) is 12.9. The first-order valence-electron chi connectivity index (χ1n) is 17.3. The Morgan fingerprint density at radius 3 is 2.61 bits per heavy atom. The highest BCUT2D eigenvalue weighted by molar-refractivity contribution is 7.18. The highest BCUT2D eigenvalue weighted by atomic mass is 32.1. The number of aryl methyl sites for hydroxylation is 1. The molecular weight excluding hydrogens is 665 g/mol. The number of ether oxygens (including phenoxy) is 1. The number of methoxy groups -OCH3 is 1. The number of hydrogen-bond acceptors (Lipinski definition) is 9. The minimum atomic E-state index is -0.827. The zero-order chi connectivity index (χ0) is 35.9. The first-order chi connectivity index (χ1) is 24.7. The average molecular weight is 711 g/mol. The highest BCUT2D eigenvalue weighted by Crippen LogP contribution is 2.41. The Morgan fingerprint density at radius 2 is 1.88 bits per heavy atom. The fourth-order valence-corrected chi connectivity index (χ4v) is 7.69. The fourth-order valence-electron chi connectivity index (χ4n) is 6.61. The molecule has 2 amide bonds. The summed E-state index contributed by atoms with van der Waals surface area (Å²) in [5, 5.41) is 22.6. The summed E-state index contributed by atoms with van der Waals surface area (Å²) in [5.74, 6) is 0.865. The monoisotopic (exact) mass is 710 g/mol. The van der Waals surface area contributed by atoms with Crippen LogP contribution in [0.1, 0.15) is 41.7 Å². The van der Waals surface area contributed by atoms with E-state index in [0.717, 1.165) is 83.0 Å². The molecular formula is C38H46N8O4S. The van der Waals surface area contributed by atoms with Gasteiger partial charge in [0.05, 0.1) is 12.8 Å². The highest BCUT2D eigenvalue weighted by Gasteiger charge is 2.20. The smallest absolute Gasteiger partial charge is 0.407 e. The number of rotatable bonds is 8. The van der Waals surface area contributed by atoms with Gasteiger partial charge in [-0.15, -0.1) is 11.3 Å². The number of para-hydroxylation sites is 1. The molecule has 51 heavy (non-hydrogen) atoms. The number of nitrogens with two attached hydrogens (primary N) is 2. The Labute approximate surface area is 301 Å². The Balaban J connectivity index is 0.000000388. The van der Waals surface area contributed by atoms with Crippen LogP contribution in [0, 0.1) is 0 Å². The largest absolute Gasteiger partial charge is 0.495 e. The predicted molar refractivity (Wildman–Crippen MR) is 207 cm³/mol. The van der Waals surface area contributed by atoms with Gasteiger partial charge in [0.15, 0.2) is 0 Å². The number of amides is 2. The maximum atomic E-state index is 13.2. The van der Waals surface area contributed by atoms with Gasteiger partial charge >= 0.3 is 6.09 Å². The van der Waals surface area contributed by atoms with Crippen molar-refractivity contribution in [1.82, 2.24) is 25.1 Å². The van der Waals surface area contributed by atoms with Crippen LogP contribution in [0.2, 0.25) is 0 Å². The zero-order valence-electron chi connectivity index (χ0n) is 29.0. The third kappa shape index (κ3) is 8.34. The molecule has 13 heteroatoms. The normalized spacial score (nSPS) is 15.6. The maximum absolute atomic E-state index is 13.2. The number of piperidine rings is 2. The molecule has 7 rings (SSSR count). The van der Waals surface area contributed by atoms with E-state index in [0.29, 0.717) is 42.1 Å². The van der Waals surface area contributed by atoms with Gasteiger partial charge < -0.3 is 46.7 Å². The topological polar surface area (TPSA) is 173 Å². The van der Waals surface area contributed by atoms with Gasteiger partial charge in [-0.25, -0.2) is 9.78 Å². The molecule has 2 aromatic carbocycles. The first kappa shape index (κ1) is 35.9. The quantitative estimate of drug-likeness (QED) is 0.117. The SMILES string of the molecule is COc1cc(-c2csc3c(/C=C/CNC4CCNCC4)cnc(N)c23)ccc1NC(=O)c1cc2ccccc2n1C.NC1CCN(C(=O)O)CC1. The van der Waals surface area contributed by atoms with Gasteiger partial charge in [-0.1, -0.05) is 36.4 Å². The molecule has 0 bridgehead atoms. The molecule has 0 unspecified atom stereocenters. The number of carbonyl (C=O) groups is 2. The summed E-state index contributed by atoms with van der Waals surface area (Å²) in [5.41, 5.74) is 17.1. The van der Waals surface area contributed by atoms with Crippen LogP contribution in [-0.4, -0.2) is 83.5 Å². The third-order valence-corrected chi connectivity index (χ3v) is 10.6. The molecule has 8 N–H and O–H groups in total. The molecule has 5 aromatic rings. The molecule has 12 nitrogen and oxygen atoms in total. The molecule has 5 heterocycles. The van der Waals surface area contributed by atoms with Crippen molar-refractivity contribution in [2.75, 3.05) is 50.9 Å². The predicted octanol–water partition coefficient (Wildman–Crippen LogP) is 5.74. The Bertz CT molecular complexity index is 2030. The zero-order valence-corrected chi connectivity index (χ0v) is 29.8. The number of likely N-dealkylation sites (tertiary alicyclic amines) is 1. The Morgan fingerprint density at radius 1 is 1.12 bits per heavy atom. The van der Waals surface area contributed by atoms with Crippen LogP contribution in [0.15, 0.2) is 66.2 Å². The van der Waals surface area contributed by atoms with E-state index in [4.69, 9.17) is 21.3 Å². The van der Waals surface area contributed by atoms with Crippen LogP contribution in [0.5, 0.6) is 5.75 Å². The Hall–Kier alpha value is -4.95. The first-order valence-corrected chi connectivity index (χ1v) is 18.2. The number of anilines is 2. The standard InChI is InChI=1S/C32H34N6O2S.C6H12N2O2/c1-38-26-8-4-3-6-21(26)16-27(38)32(39)37-25-10-9-20(17-28(25)40-2)24-19-41-30-22(18-36-31(33)29(24)30)7-5-13-35-23-11-14-34-15-12-23;7-5-1-3-8(4-2-5)6(9)10/h3-10,16-19,23,34-35H,11-15H2,1-2H3,(H2,33,36)(H,37,39);5H,1-4,7H2,(H,9,10)/b7-5+;. The summed E-state index contributed by atoms with van der Waals surface area (Å²) in [6, 6.07) is 16.4. The van der Waals surface area contributed by atoms with Crippen LogP contribution in [-0.2, 0) is 7.05 Å². The number of nitrogens with zero attached hydrogens (tertiary/aromatic N) is 3. The summed E-state index contributed by atoms with van der Waals surface area (Å²) in [6.07, 6.45) is 9.20. The molecule has 2 fully saturated rings. The maximum Gasteiger partial charge on any atom is 0.407 e. The van der Waals surface area contributed by atoms with Crippen molar-refractivity contribution in [3.8, 4) is 16.9 Å². The number of nitrogen functional groups attached to an aromatic ring is 1. The average Bonchev–Trinajstić information content (AvgIpc) is 3.75. The van der Waals surface area contributed by atoms with Crippen molar-refractivity contribution in [2.24, 2.45) is 12.8 Å². The van der Waals surface area contributed by atoms with Gasteiger partial charge in [-0.2, -0.15) is 0 Å². The number of pyridine rings is 1. The van der Waals surface area contributed by atoms with Crippen LogP contribution in [0.4, 0.5) is 16.3 Å². The summed E-state index contributed by atoms with van der Waals surface area (Å²) in [7, 11) is 3.50. The molecule has 3 aromatic heterocycles. The second kappa shape index (κ2) is 16.4. The van der Waals surface area contributed by atoms with Crippen molar-refractivity contribution in [2.45, 2.75) is 37.8 Å². The van der Waals surface area contributed by atoms with E-state index < -0.39 is 6.09 Å². The van der Waals surface area contributed by atoms with Crippen molar-refractivity contribution in [3.63, 3.8) is 0 Å². The lowest BCUT2D eigenvalue weighted by molar-refractivity contribution is 0.101. The van der Waals surface area contributed by atoms with Gasteiger partial charge in [-0.05, 0) is 74.0 Å². The second-order valence-corrected chi connectivity index (χ2v) is 13.8. The van der Waals surface area contributed by atoms with E-state index in [9.17, 15) is 9.59 Å². The van der Waals surface area contributed by atoms with Crippen LogP contribution in [0.25, 0.3) is 38.2 Å². The van der Waals surface area contributed by atoms with Crippen molar-refractivity contribution < 1.29 is 19.4 Å². The summed E-state index contributed by atoms with van der Waals surface area (Å²) in [6.45, 7) is 4.15. The van der Waals surface area contributed by atoms with E-state index in [1.165, 1.54) is 4.90 Å². The van der Waals surface area contributed by atoms with Crippen molar-refractivity contribution in [1.29, 1.82) is 0 Å². The van der Waals surface area contributed by atoms with E-state index >= 15 is 0 Å². The minimum Gasteiger partial charge on any atom is -0.495 e. The number of thiophene rings is 1. The van der Waals surface area contributed by atoms with Gasteiger partial charge in [0, 0.05) is 77.1 Å². The van der Waals surface area contributed by atoms with E-state index in [1.807, 2.05) is 66.3 Å². The summed E-state index contributed by atoms with van der Waals surface area (Å²) >= 11 is 1.65. The van der Waals surface area contributed by atoms with Gasteiger partial charge in [0.25, 0.3) is 5.91 Å². The number of nitrogens with one attached hydrogen (secondary N) is 3. The Kier molecular flexibility index (Phi) is 11.5. The van der Waals surface area contributed by atoms with Gasteiger partial charge in [0.1, 0.15) is 17.3 Å². The van der Waals surface area contributed by atoms with E-state index in [1.54, 1.807) is 18.4 Å². The minimum absolute atomic E-state index is 0.199. The molecule has 0 spiro atoms. The lowest BCUT2D eigenvalue weighted by atomic mass is 10.0. The molecule has 0 saturated carbocycles. The fraction of sp³-hybridized carbons (Fsp3) is 0.342. The van der Waals surface area contributed by atoms with Gasteiger partial charge in [-0.3, -0.25) is 4.79 Å². The van der Waals surface area contributed by atoms with E-state index in [-0.39, 0.29) is 11.9 Å².